The van der Waals surface area contributed by atoms with Crippen LogP contribution in [0, 0.1) is 0 Å². The summed E-state index contributed by atoms with van der Waals surface area (Å²) in [5.74, 6) is 0.318. The molecule has 0 saturated heterocycles. The molecule has 0 atom stereocenters. The second-order valence-electron chi connectivity index (χ2n) is 5.89. The van der Waals surface area contributed by atoms with Gasteiger partial charge in [-0.15, -0.1) is 0 Å². The highest BCUT2D eigenvalue weighted by atomic mass is 16.6. The molecule has 1 aromatic carbocycles. The van der Waals surface area contributed by atoms with Gasteiger partial charge in [0.2, 0.25) is 0 Å². The fourth-order valence-corrected chi connectivity index (χ4v) is 1.97. The first-order valence-electron chi connectivity index (χ1n) is 7.01. The van der Waals surface area contributed by atoms with Gasteiger partial charge in [0.05, 0.1) is 12.1 Å². The van der Waals surface area contributed by atoms with Crippen molar-refractivity contribution in [2.75, 3.05) is 20.3 Å². The second-order valence-corrected chi connectivity index (χ2v) is 5.89. The smallest absolute Gasteiger partial charge is 0.418 e. The first-order valence-corrected chi connectivity index (χ1v) is 7.01. The monoisotopic (exact) mass is 307 g/mol. The fraction of sp³-hybridized carbons (Fsp3) is 0.438. The van der Waals surface area contributed by atoms with Gasteiger partial charge >= 0.3 is 6.09 Å². The van der Waals surface area contributed by atoms with E-state index >= 15 is 0 Å². The Morgan fingerprint density at radius 1 is 1.27 bits per heavy atom. The lowest BCUT2D eigenvalue weighted by Crippen LogP contribution is -2.26. The molecule has 0 aliphatic heterocycles. The van der Waals surface area contributed by atoms with Crippen LogP contribution < -0.4 is 4.74 Å². The van der Waals surface area contributed by atoms with Crippen LogP contribution in [0.1, 0.15) is 20.8 Å². The molecule has 0 aliphatic carbocycles. The second kappa shape index (κ2) is 6.27. The van der Waals surface area contributed by atoms with E-state index in [2.05, 4.69) is 0 Å². The standard InChI is InChI=1S/C16H21NO5/c1-16(2,3)22-15(19)17-6-5-11-9-13(18)14(10-12(11)17)21-8-7-20-4/h5-6,9-10,18H,7-8H2,1-4H3. The molecule has 0 fully saturated rings. The number of fused-ring (bicyclic) bond motifs is 1. The zero-order valence-corrected chi connectivity index (χ0v) is 13.3. The normalized spacial score (nSPS) is 11.6. The summed E-state index contributed by atoms with van der Waals surface area (Å²) in [6.45, 7) is 6.14. The van der Waals surface area contributed by atoms with Gasteiger partial charge in [-0.3, -0.25) is 4.57 Å². The molecule has 0 spiro atoms. The van der Waals surface area contributed by atoms with Gasteiger partial charge in [0.1, 0.15) is 12.2 Å². The molecule has 2 aromatic rings. The minimum atomic E-state index is -0.581. The molecule has 0 bridgehead atoms. The van der Waals surface area contributed by atoms with E-state index in [0.717, 1.165) is 5.39 Å². The van der Waals surface area contributed by atoms with Gasteiger partial charge in [-0.05, 0) is 32.9 Å². The Kier molecular flexibility index (Phi) is 4.61. The van der Waals surface area contributed by atoms with Crippen molar-refractivity contribution in [1.29, 1.82) is 0 Å². The van der Waals surface area contributed by atoms with Crippen molar-refractivity contribution in [1.82, 2.24) is 4.57 Å². The summed E-state index contributed by atoms with van der Waals surface area (Å²) < 4.78 is 17.1. The highest BCUT2D eigenvalue weighted by Gasteiger charge is 2.19. The minimum absolute atomic E-state index is 0.0190. The van der Waals surface area contributed by atoms with Crippen LogP contribution in [0.25, 0.3) is 10.9 Å². The van der Waals surface area contributed by atoms with E-state index in [1.54, 1.807) is 31.5 Å². The molecule has 0 radical (unpaired) electrons. The van der Waals surface area contributed by atoms with Crippen LogP contribution in [-0.2, 0) is 9.47 Å². The Morgan fingerprint density at radius 2 is 2.00 bits per heavy atom. The molecule has 0 amide bonds. The molecule has 1 N–H and O–H groups in total. The largest absolute Gasteiger partial charge is 0.504 e. The van der Waals surface area contributed by atoms with Gasteiger partial charge in [-0.2, -0.15) is 0 Å². The van der Waals surface area contributed by atoms with Crippen molar-refractivity contribution < 1.29 is 24.1 Å². The number of nitrogens with zero attached hydrogens (tertiary/aromatic N) is 1. The number of aromatic nitrogens is 1. The lowest BCUT2D eigenvalue weighted by molar-refractivity contribution is 0.0544. The molecule has 22 heavy (non-hydrogen) atoms. The fourth-order valence-electron chi connectivity index (χ4n) is 1.97. The van der Waals surface area contributed by atoms with E-state index in [-0.39, 0.29) is 5.75 Å². The lowest BCUT2D eigenvalue weighted by atomic mass is 10.2. The number of carbonyl (C=O) groups is 1. The summed E-state index contributed by atoms with van der Waals surface area (Å²) in [4.78, 5) is 12.2. The Hall–Kier alpha value is -2.21. The predicted molar refractivity (Wildman–Crippen MR) is 82.6 cm³/mol. The number of ether oxygens (including phenoxy) is 3. The maximum atomic E-state index is 12.2. The molecule has 0 aliphatic rings. The van der Waals surface area contributed by atoms with Crippen LogP contribution in [0.2, 0.25) is 0 Å². The molecule has 2 rings (SSSR count). The van der Waals surface area contributed by atoms with Crippen LogP contribution in [0.4, 0.5) is 4.79 Å². The van der Waals surface area contributed by atoms with Crippen molar-refractivity contribution >= 4 is 17.0 Å². The van der Waals surface area contributed by atoms with E-state index in [1.165, 1.54) is 4.57 Å². The Labute approximate surface area is 129 Å². The zero-order chi connectivity index (χ0) is 16.3. The number of phenolic OH excluding ortho intramolecular Hbond substituents is 1. The van der Waals surface area contributed by atoms with Crippen LogP contribution in [-0.4, -0.2) is 41.7 Å². The number of benzene rings is 1. The van der Waals surface area contributed by atoms with Crippen molar-refractivity contribution in [2.24, 2.45) is 0 Å². The molecule has 6 heteroatoms. The SMILES string of the molecule is COCCOc1cc2c(ccn2C(=O)OC(C)(C)C)cc1O. The first-order chi connectivity index (χ1) is 10.3. The summed E-state index contributed by atoms with van der Waals surface area (Å²) in [5, 5.41) is 10.7. The number of hydrogen-bond donors (Lipinski definition) is 1. The van der Waals surface area contributed by atoms with Crippen LogP contribution in [0.3, 0.4) is 0 Å². The number of carbonyl (C=O) groups excluding carboxylic acids is 1. The molecule has 1 heterocycles. The molecule has 0 saturated carbocycles. The highest BCUT2D eigenvalue weighted by molar-refractivity contribution is 5.91. The maximum absolute atomic E-state index is 12.2. The van der Waals surface area contributed by atoms with Crippen LogP contribution >= 0.6 is 0 Å². The number of rotatable bonds is 4. The van der Waals surface area contributed by atoms with Gasteiger partial charge < -0.3 is 19.3 Å². The summed E-state index contributed by atoms with van der Waals surface area (Å²) in [6.07, 6.45) is 1.13. The van der Waals surface area contributed by atoms with Crippen LogP contribution in [0.15, 0.2) is 24.4 Å². The number of aromatic hydroxyl groups is 1. The lowest BCUT2D eigenvalue weighted by Gasteiger charge is -2.20. The Balaban J connectivity index is 2.33. The number of phenols is 1. The topological polar surface area (TPSA) is 69.9 Å². The molecular weight excluding hydrogens is 286 g/mol. The van der Waals surface area contributed by atoms with Gasteiger partial charge in [-0.25, -0.2) is 4.79 Å². The summed E-state index contributed by atoms with van der Waals surface area (Å²) in [5.41, 5.74) is 0.0297. The molecular formula is C16H21NO5. The van der Waals surface area contributed by atoms with E-state index < -0.39 is 11.7 Å². The average Bonchev–Trinajstić information content (AvgIpc) is 2.80. The minimum Gasteiger partial charge on any atom is -0.504 e. The molecule has 0 unspecified atom stereocenters. The van der Waals surface area contributed by atoms with Gasteiger partial charge in [0, 0.05) is 24.8 Å². The quantitative estimate of drug-likeness (QED) is 0.879. The number of methoxy groups -OCH3 is 1. The summed E-state index contributed by atoms with van der Waals surface area (Å²) in [6, 6.07) is 4.90. The Morgan fingerprint density at radius 3 is 2.64 bits per heavy atom. The summed E-state index contributed by atoms with van der Waals surface area (Å²) in [7, 11) is 1.57. The van der Waals surface area contributed by atoms with Crippen molar-refractivity contribution in [2.45, 2.75) is 26.4 Å². The van der Waals surface area contributed by atoms with Crippen molar-refractivity contribution in [3.05, 3.63) is 24.4 Å². The highest BCUT2D eigenvalue weighted by Crippen LogP contribution is 2.32. The number of hydrogen-bond acceptors (Lipinski definition) is 5. The zero-order valence-electron chi connectivity index (χ0n) is 13.3. The van der Waals surface area contributed by atoms with Gasteiger partial charge in [0.25, 0.3) is 0 Å². The Bertz CT molecular complexity index is 669. The third kappa shape index (κ3) is 3.71. The van der Waals surface area contributed by atoms with Gasteiger partial charge in [-0.1, -0.05) is 0 Å². The molecule has 6 nitrogen and oxygen atoms in total. The third-order valence-corrected chi connectivity index (χ3v) is 2.91. The molecule has 1 aromatic heterocycles. The van der Waals surface area contributed by atoms with Crippen LogP contribution in [0.5, 0.6) is 11.5 Å². The van der Waals surface area contributed by atoms with E-state index in [9.17, 15) is 9.90 Å². The van der Waals surface area contributed by atoms with Crippen molar-refractivity contribution in [3.63, 3.8) is 0 Å². The van der Waals surface area contributed by atoms with Crippen molar-refractivity contribution in [3.8, 4) is 11.5 Å². The predicted octanol–water partition coefficient (Wildman–Crippen LogP) is 3.16. The third-order valence-electron chi connectivity index (χ3n) is 2.91. The van der Waals surface area contributed by atoms with Gasteiger partial charge in [0.15, 0.2) is 11.5 Å². The maximum Gasteiger partial charge on any atom is 0.418 e. The van der Waals surface area contributed by atoms with E-state index in [1.807, 2.05) is 20.8 Å². The molecule has 120 valence electrons. The summed E-state index contributed by atoms with van der Waals surface area (Å²) >= 11 is 0. The average molecular weight is 307 g/mol. The first kappa shape index (κ1) is 16.2. The van der Waals surface area contributed by atoms with E-state index in [0.29, 0.717) is 24.5 Å². The van der Waals surface area contributed by atoms with E-state index in [4.69, 9.17) is 14.2 Å².